The van der Waals surface area contributed by atoms with E-state index >= 15 is 0 Å². The second kappa shape index (κ2) is 5.42. The Morgan fingerprint density at radius 2 is 2.14 bits per heavy atom. The number of piperazine rings is 1. The van der Waals surface area contributed by atoms with Crippen molar-refractivity contribution in [3.05, 3.63) is 29.8 Å². The minimum absolute atomic E-state index is 0.00206. The molecule has 0 saturated carbocycles. The number of aromatic nitrogens is 2. The summed E-state index contributed by atoms with van der Waals surface area (Å²) in [6, 6.07) is 4.06. The Labute approximate surface area is 121 Å². The van der Waals surface area contributed by atoms with Crippen molar-refractivity contribution in [2.75, 3.05) is 33.7 Å². The van der Waals surface area contributed by atoms with Crippen LogP contribution in [0, 0.1) is 5.82 Å². The highest BCUT2D eigenvalue weighted by atomic mass is 19.1. The van der Waals surface area contributed by atoms with Crippen LogP contribution in [0.1, 0.15) is 11.9 Å². The first-order chi connectivity index (χ1) is 10.1. The molecule has 1 N–H and O–H groups in total. The van der Waals surface area contributed by atoms with Gasteiger partial charge in [0, 0.05) is 19.6 Å². The number of aromatic hydroxyl groups is 1. The van der Waals surface area contributed by atoms with Crippen molar-refractivity contribution in [1.82, 2.24) is 19.9 Å². The van der Waals surface area contributed by atoms with Gasteiger partial charge in [-0.05, 0) is 26.2 Å². The molecule has 1 aliphatic heterocycles. The number of hydrogen-bond donors (Lipinski definition) is 1. The van der Waals surface area contributed by atoms with Crippen LogP contribution in [0.25, 0.3) is 11.5 Å². The molecule has 6 nitrogen and oxygen atoms in total. The highest BCUT2D eigenvalue weighted by molar-refractivity contribution is 5.62. The SMILES string of the molecule is CN1CCN(C)C(c2noc(-c3c(O)cccc3F)n2)C1. The molecular formula is C14H17FN4O2. The molecule has 1 unspecified atom stereocenters. The quantitative estimate of drug-likeness (QED) is 0.905. The predicted molar refractivity (Wildman–Crippen MR) is 74.2 cm³/mol. The molecule has 21 heavy (non-hydrogen) atoms. The Balaban J connectivity index is 1.93. The van der Waals surface area contributed by atoms with Crippen LogP contribution in [-0.2, 0) is 0 Å². The van der Waals surface area contributed by atoms with E-state index in [1.807, 2.05) is 14.1 Å². The molecule has 1 aliphatic rings. The minimum Gasteiger partial charge on any atom is -0.507 e. The van der Waals surface area contributed by atoms with Gasteiger partial charge in [0.1, 0.15) is 17.1 Å². The highest BCUT2D eigenvalue weighted by Gasteiger charge is 2.29. The molecule has 0 amide bonds. The molecule has 1 aromatic carbocycles. The summed E-state index contributed by atoms with van der Waals surface area (Å²) in [5, 5.41) is 13.7. The number of hydrogen-bond acceptors (Lipinski definition) is 6. The maximum atomic E-state index is 13.8. The molecule has 3 rings (SSSR count). The van der Waals surface area contributed by atoms with Crippen molar-refractivity contribution >= 4 is 0 Å². The number of likely N-dealkylation sites (N-methyl/N-ethyl adjacent to an activating group) is 2. The predicted octanol–water partition coefficient (Wildman–Crippen LogP) is 1.50. The van der Waals surface area contributed by atoms with E-state index in [9.17, 15) is 9.50 Å². The molecule has 1 fully saturated rings. The van der Waals surface area contributed by atoms with Crippen LogP contribution in [0.4, 0.5) is 4.39 Å². The lowest BCUT2D eigenvalue weighted by Gasteiger charge is -2.35. The van der Waals surface area contributed by atoms with Gasteiger partial charge in [-0.1, -0.05) is 11.2 Å². The Hall–Kier alpha value is -1.99. The lowest BCUT2D eigenvalue weighted by Crippen LogP contribution is -2.45. The smallest absolute Gasteiger partial charge is 0.264 e. The van der Waals surface area contributed by atoms with E-state index in [4.69, 9.17) is 4.52 Å². The molecule has 7 heteroatoms. The number of phenolic OH excluding ortho intramolecular Hbond substituents is 1. The average Bonchev–Trinajstić information content (AvgIpc) is 2.90. The van der Waals surface area contributed by atoms with Crippen molar-refractivity contribution in [2.24, 2.45) is 0 Å². The van der Waals surface area contributed by atoms with Crippen molar-refractivity contribution in [1.29, 1.82) is 0 Å². The Kier molecular flexibility index (Phi) is 3.60. The third-order valence-corrected chi connectivity index (χ3v) is 3.80. The molecule has 112 valence electrons. The zero-order valence-electron chi connectivity index (χ0n) is 12.0. The summed E-state index contributed by atoms with van der Waals surface area (Å²) in [6.45, 7) is 2.65. The summed E-state index contributed by atoms with van der Waals surface area (Å²) in [5.41, 5.74) is -0.0527. The van der Waals surface area contributed by atoms with E-state index in [-0.39, 0.29) is 23.2 Å². The van der Waals surface area contributed by atoms with E-state index in [1.54, 1.807) is 0 Å². The molecule has 1 saturated heterocycles. The van der Waals surface area contributed by atoms with Crippen molar-refractivity contribution in [3.63, 3.8) is 0 Å². The fraction of sp³-hybridized carbons (Fsp3) is 0.429. The molecule has 1 atom stereocenters. The maximum absolute atomic E-state index is 13.8. The Morgan fingerprint density at radius 1 is 1.33 bits per heavy atom. The van der Waals surface area contributed by atoms with Crippen molar-refractivity contribution < 1.29 is 14.0 Å². The number of rotatable bonds is 2. The molecule has 2 heterocycles. The first-order valence-electron chi connectivity index (χ1n) is 6.76. The number of phenols is 1. The van der Waals surface area contributed by atoms with Crippen molar-refractivity contribution in [2.45, 2.75) is 6.04 Å². The van der Waals surface area contributed by atoms with Gasteiger partial charge in [0.25, 0.3) is 5.89 Å². The fourth-order valence-corrected chi connectivity index (χ4v) is 2.49. The maximum Gasteiger partial charge on any atom is 0.264 e. The van der Waals surface area contributed by atoms with Gasteiger partial charge in [-0.15, -0.1) is 0 Å². The highest BCUT2D eigenvalue weighted by Crippen LogP contribution is 2.31. The van der Waals surface area contributed by atoms with Gasteiger partial charge in [-0.3, -0.25) is 4.90 Å². The topological polar surface area (TPSA) is 65.6 Å². The number of halogens is 1. The summed E-state index contributed by atoms with van der Waals surface area (Å²) < 4.78 is 19.0. The van der Waals surface area contributed by atoms with Gasteiger partial charge in [-0.25, -0.2) is 4.39 Å². The molecule has 0 bridgehead atoms. The summed E-state index contributed by atoms with van der Waals surface area (Å²) >= 11 is 0. The average molecular weight is 292 g/mol. The van der Waals surface area contributed by atoms with E-state index in [0.29, 0.717) is 5.82 Å². The third-order valence-electron chi connectivity index (χ3n) is 3.80. The zero-order chi connectivity index (χ0) is 15.0. The van der Waals surface area contributed by atoms with Crippen LogP contribution in [0.5, 0.6) is 5.75 Å². The molecule has 0 spiro atoms. The van der Waals surface area contributed by atoms with E-state index in [0.717, 1.165) is 19.6 Å². The zero-order valence-corrected chi connectivity index (χ0v) is 12.0. The Morgan fingerprint density at radius 3 is 2.90 bits per heavy atom. The summed E-state index contributed by atoms with van der Waals surface area (Å²) in [6.07, 6.45) is 0. The lowest BCUT2D eigenvalue weighted by molar-refractivity contribution is 0.108. The van der Waals surface area contributed by atoms with Gasteiger partial charge in [0.15, 0.2) is 5.82 Å². The van der Waals surface area contributed by atoms with Crippen molar-refractivity contribution in [3.8, 4) is 17.2 Å². The van der Waals surface area contributed by atoms with Gasteiger partial charge in [-0.2, -0.15) is 4.98 Å². The number of benzene rings is 1. The van der Waals surface area contributed by atoms with Crippen LogP contribution in [-0.4, -0.2) is 58.8 Å². The van der Waals surface area contributed by atoms with Gasteiger partial charge < -0.3 is 14.5 Å². The normalized spacial score (nSPS) is 20.8. The van der Waals surface area contributed by atoms with E-state index in [1.165, 1.54) is 18.2 Å². The summed E-state index contributed by atoms with van der Waals surface area (Å²) in [5.74, 6) is -0.289. The lowest BCUT2D eigenvalue weighted by atomic mass is 10.1. The van der Waals surface area contributed by atoms with E-state index in [2.05, 4.69) is 19.9 Å². The molecule has 1 aromatic heterocycles. The van der Waals surface area contributed by atoms with Gasteiger partial charge >= 0.3 is 0 Å². The van der Waals surface area contributed by atoms with E-state index < -0.39 is 5.82 Å². The van der Waals surface area contributed by atoms with Crippen LogP contribution < -0.4 is 0 Å². The first-order valence-corrected chi connectivity index (χ1v) is 6.76. The second-order valence-electron chi connectivity index (χ2n) is 5.35. The van der Waals surface area contributed by atoms with Crippen LogP contribution in [0.3, 0.4) is 0 Å². The largest absolute Gasteiger partial charge is 0.507 e. The monoisotopic (exact) mass is 292 g/mol. The molecule has 0 aliphatic carbocycles. The summed E-state index contributed by atoms with van der Waals surface area (Å²) in [7, 11) is 4.03. The van der Waals surface area contributed by atoms with Gasteiger partial charge in [0.05, 0.1) is 6.04 Å². The molecule has 0 radical (unpaired) electrons. The molecular weight excluding hydrogens is 275 g/mol. The third kappa shape index (κ3) is 2.62. The summed E-state index contributed by atoms with van der Waals surface area (Å²) in [4.78, 5) is 8.58. The Bertz CT molecular complexity index is 625. The van der Waals surface area contributed by atoms with Crippen LogP contribution in [0.15, 0.2) is 22.7 Å². The first kappa shape index (κ1) is 14.0. The molecule has 2 aromatic rings. The number of nitrogens with zero attached hydrogens (tertiary/aromatic N) is 4. The van der Waals surface area contributed by atoms with Gasteiger partial charge in [0.2, 0.25) is 0 Å². The van der Waals surface area contributed by atoms with Crippen LogP contribution in [0.2, 0.25) is 0 Å². The second-order valence-corrected chi connectivity index (χ2v) is 5.35. The fourth-order valence-electron chi connectivity index (χ4n) is 2.49. The minimum atomic E-state index is -0.584. The van der Waals surface area contributed by atoms with Crippen LogP contribution >= 0.6 is 0 Å². The standard InChI is InChI=1S/C14H17FN4O2/c1-18-6-7-19(2)10(8-18)13-16-14(21-17-13)12-9(15)4-3-5-11(12)20/h3-5,10,20H,6-8H2,1-2H3.